The molecule has 3 rings (SSSR count). The first-order valence-electron chi connectivity index (χ1n) is 8.64. The lowest BCUT2D eigenvalue weighted by Crippen LogP contribution is -2.27. The highest BCUT2D eigenvalue weighted by molar-refractivity contribution is 5.70. The van der Waals surface area contributed by atoms with Gasteiger partial charge in [0.25, 0.3) is 0 Å². The van der Waals surface area contributed by atoms with Crippen LogP contribution in [-0.2, 0) is 16.0 Å². The van der Waals surface area contributed by atoms with E-state index in [1.54, 1.807) is 6.07 Å². The zero-order chi connectivity index (χ0) is 21.0. The normalized spacial score (nSPS) is 12.6. The van der Waals surface area contributed by atoms with Gasteiger partial charge in [-0.15, -0.1) is 0 Å². The lowest BCUT2D eigenvalue weighted by Gasteiger charge is -2.22. The molecule has 1 heterocycles. The summed E-state index contributed by atoms with van der Waals surface area (Å²) in [6, 6.07) is 11.2. The van der Waals surface area contributed by atoms with Crippen LogP contribution in [-0.4, -0.2) is 22.3 Å². The Hall–Kier alpha value is -3.23. The molecule has 3 aromatic rings. The zero-order valence-corrected chi connectivity index (χ0v) is 15.2. The van der Waals surface area contributed by atoms with Crippen LogP contribution >= 0.6 is 0 Å². The van der Waals surface area contributed by atoms with E-state index in [-0.39, 0.29) is 30.1 Å². The Morgan fingerprint density at radius 1 is 1.14 bits per heavy atom. The Balaban J connectivity index is 1.64. The van der Waals surface area contributed by atoms with Gasteiger partial charge in [0.1, 0.15) is 5.82 Å². The number of hydrogen-bond acceptors (Lipinski definition) is 5. The highest BCUT2D eigenvalue weighted by Crippen LogP contribution is 2.37. The molecule has 29 heavy (non-hydrogen) atoms. The summed E-state index contributed by atoms with van der Waals surface area (Å²) in [6.07, 6.45) is -7.56. The summed E-state index contributed by atoms with van der Waals surface area (Å²) in [7, 11) is 0. The van der Waals surface area contributed by atoms with Gasteiger partial charge in [0.15, 0.2) is 0 Å². The molecule has 0 N–H and O–H groups in total. The van der Waals surface area contributed by atoms with E-state index in [0.717, 1.165) is 0 Å². The Bertz CT molecular complexity index is 984. The number of esters is 1. The van der Waals surface area contributed by atoms with Gasteiger partial charge in [-0.05, 0) is 36.8 Å². The van der Waals surface area contributed by atoms with Gasteiger partial charge in [0.2, 0.25) is 17.8 Å². The summed E-state index contributed by atoms with van der Waals surface area (Å²) in [5, 5.41) is 3.71. The lowest BCUT2D eigenvalue weighted by molar-refractivity contribution is -0.224. The van der Waals surface area contributed by atoms with Crippen molar-refractivity contribution in [2.24, 2.45) is 0 Å². The second kappa shape index (κ2) is 8.42. The van der Waals surface area contributed by atoms with Crippen molar-refractivity contribution in [2.75, 3.05) is 0 Å². The average molecular weight is 408 g/mol. The molecule has 0 amide bonds. The van der Waals surface area contributed by atoms with Crippen molar-refractivity contribution in [1.82, 2.24) is 10.1 Å². The largest absolute Gasteiger partial charge is 0.448 e. The Kier molecular flexibility index (Phi) is 5.95. The summed E-state index contributed by atoms with van der Waals surface area (Å²) in [6.45, 7) is 1.51. The molecular formula is C20H16F4N2O3. The summed E-state index contributed by atoms with van der Waals surface area (Å²) in [5.74, 6) is -1.23. The Morgan fingerprint density at radius 2 is 1.83 bits per heavy atom. The van der Waals surface area contributed by atoms with Gasteiger partial charge in [0, 0.05) is 17.5 Å². The van der Waals surface area contributed by atoms with Gasteiger partial charge in [-0.1, -0.05) is 29.4 Å². The van der Waals surface area contributed by atoms with Crippen LogP contribution in [0, 0.1) is 12.7 Å². The molecule has 0 fully saturated rings. The van der Waals surface area contributed by atoms with Crippen LogP contribution in [0.25, 0.3) is 11.4 Å². The molecule has 0 saturated heterocycles. The predicted molar refractivity (Wildman–Crippen MR) is 94.1 cm³/mol. The smallest absolute Gasteiger partial charge is 0.429 e. The number of carbonyl (C=O) groups is 1. The molecule has 9 heteroatoms. The predicted octanol–water partition coefficient (Wildman–Crippen LogP) is 4.96. The first kappa shape index (κ1) is 20.5. The van der Waals surface area contributed by atoms with E-state index in [1.807, 2.05) is 0 Å². The number of ether oxygens (including phenoxy) is 1. The molecule has 0 spiro atoms. The van der Waals surface area contributed by atoms with Crippen molar-refractivity contribution in [2.45, 2.75) is 32.0 Å². The number of rotatable bonds is 6. The maximum absolute atomic E-state index is 13.4. The van der Waals surface area contributed by atoms with Gasteiger partial charge in [-0.25, -0.2) is 4.39 Å². The monoisotopic (exact) mass is 408 g/mol. The van der Waals surface area contributed by atoms with Gasteiger partial charge in [0.05, 0.1) is 6.42 Å². The minimum Gasteiger partial charge on any atom is -0.448 e. The average Bonchev–Trinajstić information content (AvgIpc) is 3.14. The van der Waals surface area contributed by atoms with Crippen LogP contribution in [0.3, 0.4) is 0 Å². The molecule has 0 aliphatic rings. The molecule has 0 aliphatic heterocycles. The number of halogens is 4. The van der Waals surface area contributed by atoms with Gasteiger partial charge < -0.3 is 9.26 Å². The van der Waals surface area contributed by atoms with E-state index in [9.17, 15) is 22.4 Å². The van der Waals surface area contributed by atoms with E-state index in [4.69, 9.17) is 9.26 Å². The van der Waals surface area contributed by atoms with E-state index in [1.165, 1.54) is 49.4 Å². The molecule has 1 atom stereocenters. The number of carbonyl (C=O) groups excluding carboxylic acids is 1. The summed E-state index contributed by atoms with van der Waals surface area (Å²) in [4.78, 5) is 16.1. The lowest BCUT2D eigenvalue weighted by atomic mass is 10.0. The first-order valence-corrected chi connectivity index (χ1v) is 8.64. The second-order valence-corrected chi connectivity index (χ2v) is 6.29. The number of benzene rings is 2. The number of hydrogen-bond donors (Lipinski definition) is 0. The molecule has 0 saturated carbocycles. The molecule has 152 valence electrons. The molecule has 1 aromatic heterocycles. The maximum atomic E-state index is 13.4. The van der Waals surface area contributed by atoms with Crippen molar-refractivity contribution in [3.8, 4) is 11.4 Å². The Morgan fingerprint density at radius 3 is 2.48 bits per heavy atom. The summed E-state index contributed by atoms with van der Waals surface area (Å²) in [5.41, 5.74) is 0.744. The van der Waals surface area contributed by atoms with Crippen molar-refractivity contribution < 1.29 is 31.6 Å². The van der Waals surface area contributed by atoms with Crippen LogP contribution in [0.4, 0.5) is 17.6 Å². The van der Waals surface area contributed by atoms with E-state index < -0.39 is 24.1 Å². The van der Waals surface area contributed by atoms with Crippen LogP contribution in [0.15, 0.2) is 53.1 Å². The maximum Gasteiger partial charge on any atom is 0.429 e. The number of aromatic nitrogens is 2. The molecule has 0 aliphatic carbocycles. The van der Waals surface area contributed by atoms with Crippen LogP contribution < -0.4 is 0 Å². The molecule has 1 unspecified atom stereocenters. The third-order valence-corrected chi connectivity index (χ3v) is 4.13. The SMILES string of the molecule is Cc1ccccc1C(OC(=O)CCc1nc(-c2ccc(F)cc2)no1)C(F)(F)F. The van der Waals surface area contributed by atoms with Crippen molar-refractivity contribution in [3.05, 3.63) is 71.4 Å². The standard InChI is InChI=1S/C20H16F4N2O3/c1-12-4-2-3-5-15(12)18(20(22,23)24)28-17(27)11-10-16-25-19(26-29-16)13-6-8-14(21)9-7-13/h2-9,18H,10-11H2,1H3. The summed E-state index contributed by atoms with van der Waals surface area (Å²) < 4.78 is 62.8. The minimum absolute atomic E-state index is 0.0562. The molecule has 0 bridgehead atoms. The summed E-state index contributed by atoms with van der Waals surface area (Å²) >= 11 is 0. The number of alkyl halides is 3. The zero-order valence-electron chi connectivity index (χ0n) is 15.2. The topological polar surface area (TPSA) is 65.2 Å². The van der Waals surface area contributed by atoms with Gasteiger partial charge >= 0.3 is 12.1 Å². The van der Waals surface area contributed by atoms with E-state index in [2.05, 4.69) is 10.1 Å². The molecule has 5 nitrogen and oxygen atoms in total. The van der Waals surface area contributed by atoms with Crippen LogP contribution in [0.1, 0.15) is 29.5 Å². The van der Waals surface area contributed by atoms with Crippen LogP contribution in [0.2, 0.25) is 0 Å². The number of nitrogens with zero attached hydrogens (tertiary/aromatic N) is 2. The first-order chi connectivity index (χ1) is 13.7. The van der Waals surface area contributed by atoms with Gasteiger partial charge in [-0.3, -0.25) is 4.79 Å². The fourth-order valence-electron chi connectivity index (χ4n) is 2.66. The van der Waals surface area contributed by atoms with Crippen molar-refractivity contribution in [3.63, 3.8) is 0 Å². The van der Waals surface area contributed by atoms with Crippen LogP contribution in [0.5, 0.6) is 0 Å². The van der Waals surface area contributed by atoms with Crippen molar-refractivity contribution in [1.29, 1.82) is 0 Å². The molecular weight excluding hydrogens is 392 g/mol. The highest BCUT2D eigenvalue weighted by Gasteiger charge is 2.44. The minimum atomic E-state index is -4.75. The molecule has 2 aromatic carbocycles. The van der Waals surface area contributed by atoms with E-state index >= 15 is 0 Å². The quantitative estimate of drug-likeness (QED) is 0.426. The fraction of sp³-hybridized carbons (Fsp3) is 0.250. The van der Waals surface area contributed by atoms with Gasteiger partial charge in [-0.2, -0.15) is 18.2 Å². The third kappa shape index (κ3) is 5.18. The second-order valence-electron chi connectivity index (χ2n) is 6.29. The fourth-order valence-corrected chi connectivity index (χ4v) is 2.66. The van der Waals surface area contributed by atoms with Crippen molar-refractivity contribution >= 4 is 5.97 Å². The number of aryl methyl sites for hydroxylation is 2. The third-order valence-electron chi connectivity index (χ3n) is 4.13. The Labute approximate surface area is 163 Å². The highest BCUT2D eigenvalue weighted by atomic mass is 19.4. The molecule has 0 radical (unpaired) electrons. The van der Waals surface area contributed by atoms with E-state index in [0.29, 0.717) is 11.1 Å².